The number of anilines is 1. The number of nitrogen functional groups attached to an aromatic ring is 1. The van der Waals surface area contributed by atoms with E-state index in [-0.39, 0.29) is 8.96 Å². The van der Waals surface area contributed by atoms with Crippen molar-refractivity contribution < 1.29 is 7.96 Å². The maximum absolute atomic E-state index is 9.83. The molecule has 0 saturated carbocycles. The SMILES string of the molecule is C=C(C)[C@@H]1C[C@H](O)c2cc(N)ccc21.[HH].[HH]. The third kappa shape index (κ3) is 1.32. The molecule has 1 aliphatic rings. The molecule has 0 fully saturated rings. The molecule has 0 saturated heterocycles. The maximum atomic E-state index is 9.83. The summed E-state index contributed by atoms with van der Waals surface area (Å²) in [4.78, 5) is 0. The Labute approximate surface area is 87.0 Å². The second kappa shape index (κ2) is 3.14. The first-order valence-electron chi connectivity index (χ1n) is 4.82. The summed E-state index contributed by atoms with van der Waals surface area (Å²) in [5, 5.41) is 9.83. The smallest absolute Gasteiger partial charge is 0.0802 e. The van der Waals surface area contributed by atoms with Crippen molar-refractivity contribution in [3.05, 3.63) is 41.5 Å². The summed E-state index contributed by atoms with van der Waals surface area (Å²) in [6.07, 6.45) is 0.365. The summed E-state index contributed by atoms with van der Waals surface area (Å²) in [5.41, 5.74) is 9.65. The number of nitrogens with two attached hydrogens (primary N) is 1. The van der Waals surface area contributed by atoms with Crippen LogP contribution in [0.2, 0.25) is 0 Å². The molecular formula is C12H19NO. The molecule has 0 spiro atoms. The van der Waals surface area contributed by atoms with Crippen LogP contribution >= 0.6 is 0 Å². The number of benzene rings is 1. The number of aliphatic hydroxyl groups excluding tert-OH is 1. The molecule has 0 aromatic heterocycles. The molecule has 3 N–H and O–H groups in total. The Hall–Kier alpha value is -1.28. The van der Waals surface area contributed by atoms with E-state index in [4.69, 9.17) is 5.73 Å². The lowest BCUT2D eigenvalue weighted by molar-refractivity contribution is 0.176. The molecule has 14 heavy (non-hydrogen) atoms. The van der Waals surface area contributed by atoms with E-state index in [1.54, 1.807) is 0 Å². The highest BCUT2D eigenvalue weighted by Gasteiger charge is 2.29. The molecule has 0 radical (unpaired) electrons. The molecule has 1 aromatic carbocycles. The molecule has 2 atom stereocenters. The predicted molar refractivity (Wildman–Crippen MR) is 62.2 cm³/mol. The number of aliphatic hydroxyl groups is 1. The van der Waals surface area contributed by atoms with Crippen LogP contribution in [0.4, 0.5) is 5.69 Å². The molecule has 1 aliphatic carbocycles. The van der Waals surface area contributed by atoms with E-state index < -0.39 is 0 Å². The Bertz CT molecular complexity index is 393. The molecule has 0 aliphatic heterocycles. The van der Waals surface area contributed by atoms with Gasteiger partial charge in [0.2, 0.25) is 0 Å². The number of allylic oxidation sites excluding steroid dienone is 1. The fourth-order valence-electron chi connectivity index (χ4n) is 2.14. The summed E-state index contributed by atoms with van der Waals surface area (Å²) in [7, 11) is 0. The van der Waals surface area contributed by atoms with Gasteiger partial charge in [0.15, 0.2) is 0 Å². The Morgan fingerprint density at radius 1 is 1.57 bits per heavy atom. The topological polar surface area (TPSA) is 46.2 Å². The van der Waals surface area contributed by atoms with Crippen LogP contribution in [0.5, 0.6) is 0 Å². The quantitative estimate of drug-likeness (QED) is 0.532. The lowest BCUT2D eigenvalue weighted by Crippen LogP contribution is -1.94. The molecule has 0 amide bonds. The van der Waals surface area contributed by atoms with Crippen LogP contribution in [0, 0.1) is 0 Å². The van der Waals surface area contributed by atoms with Gasteiger partial charge in [-0.2, -0.15) is 0 Å². The standard InChI is InChI=1S/C12H15NO.2H2/c1-7(2)10-6-12(14)11-5-8(13)3-4-9(10)11;;/h3-5,10,12,14H,1,6,13H2,2H3;2*1H/t10-,12-;;/m0../s1. The van der Waals surface area contributed by atoms with Crippen LogP contribution in [0.3, 0.4) is 0 Å². The third-order valence-electron chi connectivity index (χ3n) is 2.90. The van der Waals surface area contributed by atoms with Crippen LogP contribution in [-0.2, 0) is 0 Å². The normalized spacial score (nSPS) is 24.7. The minimum atomic E-state index is -0.379. The van der Waals surface area contributed by atoms with Gasteiger partial charge < -0.3 is 10.8 Å². The van der Waals surface area contributed by atoms with E-state index in [1.165, 1.54) is 5.56 Å². The molecule has 2 heteroatoms. The van der Waals surface area contributed by atoms with Gasteiger partial charge in [-0.25, -0.2) is 0 Å². The summed E-state index contributed by atoms with van der Waals surface area (Å²) in [5.74, 6) is 0.292. The summed E-state index contributed by atoms with van der Waals surface area (Å²) < 4.78 is 0. The zero-order chi connectivity index (χ0) is 10.3. The minimum Gasteiger partial charge on any atom is -0.399 e. The van der Waals surface area contributed by atoms with Gasteiger partial charge in [-0.05, 0) is 36.6 Å². The van der Waals surface area contributed by atoms with Crippen molar-refractivity contribution in [2.75, 3.05) is 5.73 Å². The summed E-state index contributed by atoms with van der Waals surface area (Å²) in [6, 6.07) is 5.75. The van der Waals surface area contributed by atoms with Crippen LogP contribution < -0.4 is 5.73 Å². The Morgan fingerprint density at radius 2 is 2.29 bits per heavy atom. The fraction of sp³-hybridized carbons (Fsp3) is 0.333. The highest BCUT2D eigenvalue weighted by atomic mass is 16.3. The molecule has 2 rings (SSSR count). The van der Waals surface area contributed by atoms with Crippen molar-refractivity contribution in [1.82, 2.24) is 0 Å². The second-order valence-electron chi connectivity index (χ2n) is 4.04. The van der Waals surface area contributed by atoms with Gasteiger partial charge in [0.25, 0.3) is 0 Å². The second-order valence-corrected chi connectivity index (χ2v) is 4.04. The van der Waals surface area contributed by atoms with Gasteiger partial charge in [-0.15, -0.1) is 0 Å². The molecule has 78 valence electrons. The Balaban J connectivity index is 0.00000112. The number of fused-ring (bicyclic) bond motifs is 1. The van der Waals surface area contributed by atoms with Gasteiger partial charge in [0, 0.05) is 14.5 Å². The molecule has 0 heterocycles. The van der Waals surface area contributed by atoms with Crippen LogP contribution in [0.25, 0.3) is 0 Å². The largest absolute Gasteiger partial charge is 0.399 e. The Morgan fingerprint density at radius 3 is 2.93 bits per heavy atom. The zero-order valence-electron chi connectivity index (χ0n) is 8.33. The van der Waals surface area contributed by atoms with Crippen LogP contribution in [-0.4, -0.2) is 5.11 Å². The number of hydrogen-bond donors (Lipinski definition) is 2. The molecular weight excluding hydrogens is 174 g/mol. The van der Waals surface area contributed by atoms with E-state index >= 15 is 0 Å². The fourth-order valence-corrected chi connectivity index (χ4v) is 2.14. The van der Waals surface area contributed by atoms with Crippen LogP contribution in [0.1, 0.15) is 39.3 Å². The average Bonchev–Trinajstić information content (AvgIpc) is 2.44. The van der Waals surface area contributed by atoms with E-state index in [9.17, 15) is 5.11 Å². The van der Waals surface area contributed by atoms with Gasteiger partial charge in [0.05, 0.1) is 6.10 Å². The van der Waals surface area contributed by atoms with Crippen molar-refractivity contribution in [2.24, 2.45) is 0 Å². The van der Waals surface area contributed by atoms with Gasteiger partial charge in [-0.3, -0.25) is 0 Å². The summed E-state index contributed by atoms with van der Waals surface area (Å²) in [6.45, 7) is 5.95. The van der Waals surface area contributed by atoms with Gasteiger partial charge in [0.1, 0.15) is 0 Å². The zero-order valence-corrected chi connectivity index (χ0v) is 8.33. The summed E-state index contributed by atoms with van der Waals surface area (Å²) >= 11 is 0. The van der Waals surface area contributed by atoms with Crippen molar-refractivity contribution >= 4 is 5.69 Å². The van der Waals surface area contributed by atoms with Gasteiger partial charge >= 0.3 is 0 Å². The van der Waals surface area contributed by atoms with Crippen LogP contribution in [0.15, 0.2) is 30.4 Å². The maximum Gasteiger partial charge on any atom is 0.0802 e. The average molecular weight is 193 g/mol. The highest BCUT2D eigenvalue weighted by molar-refractivity contribution is 5.50. The Kier molecular flexibility index (Phi) is 2.08. The van der Waals surface area contributed by atoms with Crippen molar-refractivity contribution in [3.63, 3.8) is 0 Å². The van der Waals surface area contributed by atoms with E-state index in [0.717, 1.165) is 17.6 Å². The monoisotopic (exact) mass is 193 g/mol. The lowest BCUT2D eigenvalue weighted by atomic mass is 9.95. The van der Waals surface area contributed by atoms with Crippen molar-refractivity contribution in [1.29, 1.82) is 0 Å². The first-order valence-corrected chi connectivity index (χ1v) is 4.82. The number of rotatable bonds is 1. The van der Waals surface area contributed by atoms with Gasteiger partial charge in [-0.1, -0.05) is 18.2 Å². The van der Waals surface area contributed by atoms with E-state index in [2.05, 4.69) is 6.58 Å². The molecule has 0 bridgehead atoms. The third-order valence-corrected chi connectivity index (χ3v) is 2.90. The minimum absolute atomic E-state index is 0. The highest BCUT2D eigenvalue weighted by Crippen LogP contribution is 2.43. The van der Waals surface area contributed by atoms with E-state index in [0.29, 0.717) is 11.6 Å². The van der Waals surface area contributed by atoms with Crippen molar-refractivity contribution in [3.8, 4) is 0 Å². The molecule has 0 unspecified atom stereocenters. The first kappa shape index (κ1) is 9.28. The van der Waals surface area contributed by atoms with E-state index in [1.807, 2.05) is 25.1 Å². The molecule has 2 nitrogen and oxygen atoms in total. The van der Waals surface area contributed by atoms with Crippen molar-refractivity contribution in [2.45, 2.75) is 25.4 Å². The first-order chi connectivity index (χ1) is 6.59. The lowest BCUT2D eigenvalue weighted by Gasteiger charge is -2.10. The molecule has 1 aromatic rings. The number of hydrogen-bond acceptors (Lipinski definition) is 2. The predicted octanol–water partition coefficient (Wildman–Crippen LogP) is 2.86.